The second-order valence-corrected chi connectivity index (χ2v) is 16.2. The van der Waals surface area contributed by atoms with E-state index in [0.717, 1.165) is 67.8 Å². The highest BCUT2D eigenvalue weighted by molar-refractivity contribution is 7.13. The molecule has 0 aliphatic carbocycles. The number of alkyl halides is 3. The quantitative estimate of drug-likeness (QED) is 0.114. The minimum Gasteiger partial charge on any atom is -0.406 e. The Morgan fingerprint density at radius 3 is 1.76 bits per heavy atom. The lowest BCUT2D eigenvalue weighted by atomic mass is 9.96. The highest BCUT2D eigenvalue weighted by atomic mass is 32.1. The molecule has 0 saturated carbocycles. The minimum absolute atomic E-state index is 0.0122. The number of aromatic nitrogens is 2. The third-order valence-corrected chi connectivity index (χ3v) is 11.2. The largest absolute Gasteiger partial charge is 0.573 e. The van der Waals surface area contributed by atoms with Crippen LogP contribution < -0.4 is 15.4 Å². The molecule has 6 rings (SSSR count). The van der Waals surface area contributed by atoms with Gasteiger partial charge in [0.15, 0.2) is 0 Å². The summed E-state index contributed by atoms with van der Waals surface area (Å²) in [6.45, 7) is 10.8. The maximum absolute atomic E-state index is 13.4. The second-order valence-electron chi connectivity index (χ2n) is 14.5. The van der Waals surface area contributed by atoms with Crippen LogP contribution in [0, 0.1) is 0 Å². The molecule has 58 heavy (non-hydrogen) atoms. The molecular formula is C44H45F3N6O3S2. The second kappa shape index (κ2) is 18.7. The molecule has 9 nitrogen and oxygen atoms in total. The first-order chi connectivity index (χ1) is 27.7. The van der Waals surface area contributed by atoms with Gasteiger partial charge in [0.25, 0.3) is 0 Å². The molecule has 0 fully saturated rings. The number of hydrogen-bond acceptors (Lipinski definition) is 7. The van der Waals surface area contributed by atoms with E-state index in [9.17, 15) is 22.8 Å². The summed E-state index contributed by atoms with van der Waals surface area (Å²) in [5.74, 6) is -0.190. The topological polar surface area (TPSA) is 99.7 Å². The van der Waals surface area contributed by atoms with Crippen molar-refractivity contribution in [3.8, 4) is 26.9 Å². The molecule has 2 N–H and O–H groups in total. The fourth-order valence-corrected chi connectivity index (χ4v) is 7.80. The van der Waals surface area contributed by atoms with Gasteiger partial charge in [-0.25, -0.2) is 19.6 Å². The van der Waals surface area contributed by atoms with E-state index in [1.807, 2.05) is 105 Å². The van der Waals surface area contributed by atoms with Gasteiger partial charge in [0.2, 0.25) is 0 Å². The van der Waals surface area contributed by atoms with E-state index in [1.54, 1.807) is 33.8 Å². The van der Waals surface area contributed by atoms with Crippen LogP contribution in [0.25, 0.3) is 21.1 Å². The minimum atomic E-state index is -4.79. The van der Waals surface area contributed by atoms with Crippen molar-refractivity contribution >= 4 is 46.1 Å². The molecule has 0 saturated heterocycles. The van der Waals surface area contributed by atoms with Gasteiger partial charge in [0.05, 0.1) is 5.69 Å². The Morgan fingerprint density at radius 2 is 1.26 bits per heavy atom. The first-order valence-electron chi connectivity index (χ1n) is 18.8. The smallest absolute Gasteiger partial charge is 0.406 e. The fourth-order valence-electron chi connectivity index (χ4n) is 6.33. The molecule has 2 aromatic heterocycles. The SMILES string of the molecule is CC(Cc1csc(-c2cccc(CN(C(=O)Nc3ccc(OC(F)(F)F)cc3)C(C)C)c2)n1)c1ccc(NC(=O)N(Cc2cccc(-c3nccs3)c2)C(C)C)cc1. The van der Waals surface area contributed by atoms with Crippen LogP contribution >= 0.6 is 22.7 Å². The first kappa shape index (κ1) is 41.9. The van der Waals surface area contributed by atoms with Gasteiger partial charge >= 0.3 is 18.4 Å². The zero-order valence-electron chi connectivity index (χ0n) is 32.8. The van der Waals surface area contributed by atoms with Gasteiger partial charge in [-0.1, -0.05) is 55.5 Å². The monoisotopic (exact) mass is 826 g/mol. The molecule has 0 spiro atoms. The summed E-state index contributed by atoms with van der Waals surface area (Å²) in [6.07, 6.45) is -2.27. The number of benzene rings is 4. The van der Waals surface area contributed by atoms with Crippen molar-refractivity contribution in [2.75, 3.05) is 10.6 Å². The number of carbonyl (C=O) groups is 2. The molecule has 0 aliphatic rings. The zero-order chi connectivity index (χ0) is 41.4. The van der Waals surface area contributed by atoms with Gasteiger partial charge in [-0.05, 0) is 105 Å². The Morgan fingerprint density at radius 1 is 0.724 bits per heavy atom. The number of nitrogens with zero attached hydrogens (tertiary/aromatic N) is 4. The van der Waals surface area contributed by atoms with Gasteiger partial charge in [-0.3, -0.25) is 0 Å². The van der Waals surface area contributed by atoms with Gasteiger partial charge in [-0.2, -0.15) is 0 Å². The molecule has 0 bridgehead atoms. The molecule has 14 heteroatoms. The Labute approximate surface area is 344 Å². The molecular weight excluding hydrogens is 782 g/mol. The summed E-state index contributed by atoms with van der Waals surface area (Å²) in [7, 11) is 0. The van der Waals surface area contributed by atoms with Crippen LogP contribution in [0.4, 0.5) is 34.1 Å². The van der Waals surface area contributed by atoms with Crippen molar-refractivity contribution in [2.45, 2.75) is 78.5 Å². The van der Waals surface area contributed by atoms with E-state index in [2.05, 4.69) is 38.7 Å². The lowest BCUT2D eigenvalue weighted by Gasteiger charge is -2.27. The van der Waals surface area contributed by atoms with E-state index in [-0.39, 0.29) is 35.8 Å². The highest BCUT2D eigenvalue weighted by Crippen LogP contribution is 2.30. The first-order valence-corrected chi connectivity index (χ1v) is 20.6. The van der Waals surface area contributed by atoms with Crippen molar-refractivity contribution in [2.24, 2.45) is 0 Å². The van der Waals surface area contributed by atoms with E-state index in [1.165, 1.54) is 12.1 Å². The van der Waals surface area contributed by atoms with E-state index in [4.69, 9.17) is 4.98 Å². The van der Waals surface area contributed by atoms with Gasteiger partial charge < -0.3 is 25.2 Å². The lowest BCUT2D eigenvalue weighted by molar-refractivity contribution is -0.274. The molecule has 4 amide bonds. The zero-order valence-corrected chi connectivity index (χ0v) is 34.4. The Hall–Kier alpha value is -5.73. The van der Waals surface area contributed by atoms with E-state index in [0.29, 0.717) is 18.8 Å². The predicted molar refractivity (Wildman–Crippen MR) is 226 cm³/mol. The van der Waals surface area contributed by atoms with Crippen LogP contribution in [-0.4, -0.2) is 50.3 Å². The fraction of sp³-hybridized carbons (Fsp3) is 0.273. The van der Waals surface area contributed by atoms with Crippen molar-refractivity contribution in [1.82, 2.24) is 19.8 Å². The number of nitrogens with one attached hydrogen (secondary N) is 2. The average molecular weight is 827 g/mol. The van der Waals surface area contributed by atoms with Crippen LogP contribution in [0.3, 0.4) is 0 Å². The highest BCUT2D eigenvalue weighted by Gasteiger charge is 2.31. The van der Waals surface area contributed by atoms with Crippen LogP contribution in [0.15, 0.2) is 114 Å². The van der Waals surface area contributed by atoms with Crippen LogP contribution in [-0.2, 0) is 19.5 Å². The van der Waals surface area contributed by atoms with Crippen LogP contribution in [0.2, 0.25) is 0 Å². The molecule has 0 aliphatic heterocycles. The predicted octanol–water partition coefficient (Wildman–Crippen LogP) is 12.1. The molecule has 2 heterocycles. The summed E-state index contributed by atoms with van der Waals surface area (Å²) < 4.78 is 41.5. The number of rotatable bonds is 14. The number of urea groups is 2. The molecule has 1 atom stereocenters. The average Bonchev–Trinajstić information content (AvgIpc) is 3.90. The lowest BCUT2D eigenvalue weighted by Crippen LogP contribution is -2.39. The number of thiazole rings is 2. The Kier molecular flexibility index (Phi) is 13.5. The Balaban J connectivity index is 1.03. The van der Waals surface area contributed by atoms with Gasteiger partial charge in [0, 0.05) is 64.6 Å². The molecule has 1 unspecified atom stereocenters. The van der Waals surface area contributed by atoms with Crippen molar-refractivity contribution in [3.63, 3.8) is 0 Å². The number of anilines is 2. The van der Waals surface area contributed by atoms with Crippen molar-refractivity contribution < 1.29 is 27.5 Å². The number of hydrogen-bond donors (Lipinski definition) is 2. The summed E-state index contributed by atoms with van der Waals surface area (Å²) in [6, 6.07) is 28.3. The van der Waals surface area contributed by atoms with E-state index >= 15 is 0 Å². The molecule has 4 aromatic carbocycles. The van der Waals surface area contributed by atoms with Crippen LogP contribution in [0.5, 0.6) is 5.75 Å². The Bertz CT molecular complexity index is 2280. The van der Waals surface area contributed by atoms with Gasteiger partial charge in [-0.15, -0.1) is 35.8 Å². The van der Waals surface area contributed by atoms with E-state index < -0.39 is 6.36 Å². The summed E-state index contributed by atoms with van der Waals surface area (Å²) in [5, 5.41) is 11.7. The van der Waals surface area contributed by atoms with Crippen molar-refractivity contribution in [1.29, 1.82) is 0 Å². The third kappa shape index (κ3) is 11.4. The number of amides is 4. The van der Waals surface area contributed by atoms with Gasteiger partial charge in [0.1, 0.15) is 15.8 Å². The van der Waals surface area contributed by atoms with Crippen molar-refractivity contribution in [3.05, 3.63) is 136 Å². The maximum Gasteiger partial charge on any atom is 0.573 e. The number of carbonyl (C=O) groups excluding carboxylic acids is 2. The van der Waals surface area contributed by atoms with Crippen LogP contribution in [0.1, 0.15) is 62.9 Å². The molecule has 302 valence electrons. The maximum atomic E-state index is 13.4. The standard InChI is InChI=1S/C44H45F3N6O3S2/c1-28(2)52(25-31-8-6-10-34(23-31)40-48-20-21-57-40)42(54)50-36-14-12-33(13-15-36)30(5)22-38-27-58-41(49-38)35-11-7-9-32(24-35)26-53(29(3)4)43(55)51-37-16-18-39(19-17-37)56-44(45,46)47/h6-21,23-24,27-30H,22,25-26H2,1-5H3,(H,50,54)(H,51,55). The normalized spacial score (nSPS) is 12.0. The number of ether oxygens (including phenoxy) is 1. The summed E-state index contributed by atoms with van der Waals surface area (Å²) >= 11 is 3.15. The molecule has 6 aromatic rings. The third-order valence-electron chi connectivity index (χ3n) is 9.39. The summed E-state index contributed by atoms with van der Waals surface area (Å²) in [4.78, 5) is 39.5. The molecule has 0 radical (unpaired) electrons. The summed E-state index contributed by atoms with van der Waals surface area (Å²) in [5.41, 5.74) is 7.09. The number of halogens is 3.